The van der Waals surface area contributed by atoms with Crippen molar-refractivity contribution in [2.24, 2.45) is 11.1 Å². The van der Waals surface area contributed by atoms with Crippen molar-refractivity contribution in [2.45, 2.75) is 20.4 Å². The van der Waals surface area contributed by atoms with Crippen LogP contribution in [-0.4, -0.2) is 12.5 Å². The Morgan fingerprint density at radius 2 is 2.19 bits per heavy atom. The van der Waals surface area contributed by atoms with Crippen molar-refractivity contribution in [1.82, 2.24) is 5.32 Å². The first-order valence-electron chi connectivity index (χ1n) is 4.77. The Morgan fingerprint density at radius 3 is 2.62 bits per heavy atom. The number of hydrogen-bond donors (Lipinski definition) is 2. The average Bonchev–Trinajstić information content (AvgIpc) is 2.45. The highest BCUT2D eigenvalue weighted by molar-refractivity contribution is 9.13. The van der Waals surface area contributed by atoms with E-state index in [-0.39, 0.29) is 5.91 Å². The highest BCUT2D eigenvalue weighted by Crippen LogP contribution is 2.32. The van der Waals surface area contributed by atoms with Gasteiger partial charge >= 0.3 is 0 Å². The van der Waals surface area contributed by atoms with Crippen LogP contribution in [-0.2, 0) is 11.3 Å². The molecule has 0 saturated heterocycles. The maximum absolute atomic E-state index is 11.1. The van der Waals surface area contributed by atoms with E-state index in [1.54, 1.807) is 11.3 Å². The smallest absolute Gasteiger partial charge is 0.224 e. The summed E-state index contributed by atoms with van der Waals surface area (Å²) in [6.45, 7) is 4.99. The molecule has 1 amide bonds. The van der Waals surface area contributed by atoms with Gasteiger partial charge in [0.05, 0.1) is 9.20 Å². The van der Waals surface area contributed by atoms with Crippen LogP contribution in [0.2, 0.25) is 0 Å². The van der Waals surface area contributed by atoms with Crippen LogP contribution in [0.3, 0.4) is 0 Å². The van der Waals surface area contributed by atoms with E-state index in [4.69, 9.17) is 5.73 Å². The van der Waals surface area contributed by atoms with Gasteiger partial charge in [0.25, 0.3) is 0 Å². The number of carbonyl (C=O) groups excluding carboxylic acids is 1. The average molecular weight is 370 g/mol. The molecule has 0 radical (unpaired) electrons. The number of amides is 1. The second kappa shape index (κ2) is 5.62. The fourth-order valence-electron chi connectivity index (χ4n) is 1.06. The topological polar surface area (TPSA) is 55.1 Å². The Hall–Kier alpha value is 0.0900. The van der Waals surface area contributed by atoms with Crippen LogP contribution >= 0.6 is 43.2 Å². The van der Waals surface area contributed by atoms with E-state index < -0.39 is 5.41 Å². The molecule has 90 valence electrons. The minimum absolute atomic E-state index is 0.284. The summed E-state index contributed by atoms with van der Waals surface area (Å²) in [4.78, 5) is 12.3. The van der Waals surface area contributed by atoms with Crippen LogP contribution in [0.1, 0.15) is 18.7 Å². The van der Waals surface area contributed by atoms with Gasteiger partial charge in [-0.2, -0.15) is 0 Å². The molecule has 0 aliphatic rings. The lowest BCUT2D eigenvalue weighted by Crippen LogP contribution is -2.40. The molecule has 0 bridgehead atoms. The van der Waals surface area contributed by atoms with Gasteiger partial charge in [0.15, 0.2) is 0 Å². The molecular formula is C10H14Br2N2OS. The molecule has 0 atom stereocenters. The molecule has 6 heteroatoms. The van der Waals surface area contributed by atoms with Crippen LogP contribution in [0.25, 0.3) is 0 Å². The van der Waals surface area contributed by atoms with Crippen molar-refractivity contribution >= 4 is 49.1 Å². The summed E-state index contributed by atoms with van der Waals surface area (Å²) in [5.41, 5.74) is 4.78. The summed E-state index contributed by atoms with van der Waals surface area (Å²) >= 11 is 8.54. The van der Waals surface area contributed by atoms with E-state index in [1.807, 2.05) is 13.8 Å². The first-order chi connectivity index (χ1) is 7.33. The van der Waals surface area contributed by atoms with Crippen molar-refractivity contribution in [2.75, 3.05) is 6.54 Å². The van der Waals surface area contributed by atoms with E-state index in [0.717, 1.165) is 14.8 Å². The van der Waals surface area contributed by atoms with Gasteiger partial charge in [-0.05, 0) is 51.8 Å². The number of halogens is 2. The Morgan fingerprint density at radius 1 is 1.56 bits per heavy atom. The molecule has 0 fully saturated rings. The minimum atomic E-state index is -0.508. The zero-order valence-electron chi connectivity index (χ0n) is 9.14. The SMILES string of the molecule is CC(C)(CNCc1cc(Br)c(Br)s1)C(N)=O. The second-order valence-electron chi connectivity index (χ2n) is 4.19. The Kier molecular flexibility index (Phi) is 4.97. The summed E-state index contributed by atoms with van der Waals surface area (Å²) in [7, 11) is 0. The lowest BCUT2D eigenvalue weighted by Gasteiger charge is -2.20. The molecule has 1 aromatic heterocycles. The summed E-state index contributed by atoms with van der Waals surface area (Å²) in [5.74, 6) is -0.284. The van der Waals surface area contributed by atoms with E-state index in [9.17, 15) is 4.79 Å². The third kappa shape index (κ3) is 3.84. The van der Waals surface area contributed by atoms with Gasteiger partial charge in [-0.3, -0.25) is 4.79 Å². The number of thiophene rings is 1. The van der Waals surface area contributed by atoms with Crippen LogP contribution < -0.4 is 11.1 Å². The maximum atomic E-state index is 11.1. The number of primary amides is 1. The molecule has 1 heterocycles. The van der Waals surface area contributed by atoms with Crippen LogP contribution in [0.5, 0.6) is 0 Å². The van der Waals surface area contributed by atoms with Crippen LogP contribution in [0.4, 0.5) is 0 Å². The molecule has 0 spiro atoms. The monoisotopic (exact) mass is 368 g/mol. The van der Waals surface area contributed by atoms with E-state index in [2.05, 4.69) is 43.2 Å². The van der Waals surface area contributed by atoms with Crippen molar-refractivity contribution < 1.29 is 4.79 Å². The first-order valence-corrected chi connectivity index (χ1v) is 7.17. The fourth-order valence-corrected chi connectivity index (χ4v) is 3.21. The number of nitrogens with two attached hydrogens (primary N) is 1. The minimum Gasteiger partial charge on any atom is -0.369 e. The Labute approximate surface area is 116 Å². The summed E-state index contributed by atoms with van der Waals surface area (Å²) < 4.78 is 2.14. The Bertz CT molecular complexity index is 371. The van der Waals surface area contributed by atoms with Gasteiger partial charge in [-0.25, -0.2) is 0 Å². The molecule has 0 saturated carbocycles. The Balaban J connectivity index is 2.44. The highest BCUT2D eigenvalue weighted by Gasteiger charge is 2.24. The van der Waals surface area contributed by atoms with Gasteiger partial charge in [0.1, 0.15) is 0 Å². The van der Waals surface area contributed by atoms with Gasteiger partial charge < -0.3 is 11.1 Å². The van der Waals surface area contributed by atoms with E-state index in [1.165, 1.54) is 4.88 Å². The molecule has 0 aliphatic carbocycles. The molecule has 16 heavy (non-hydrogen) atoms. The lowest BCUT2D eigenvalue weighted by molar-refractivity contribution is -0.125. The zero-order valence-corrected chi connectivity index (χ0v) is 13.1. The van der Waals surface area contributed by atoms with Crippen LogP contribution in [0.15, 0.2) is 14.3 Å². The number of hydrogen-bond acceptors (Lipinski definition) is 3. The van der Waals surface area contributed by atoms with Gasteiger partial charge in [0, 0.05) is 22.4 Å². The normalized spacial score (nSPS) is 11.8. The fraction of sp³-hybridized carbons (Fsp3) is 0.500. The molecule has 0 unspecified atom stereocenters. The predicted molar refractivity (Wildman–Crippen MR) is 74.4 cm³/mol. The number of rotatable bonds is 5. The van der Waals surface area contributed by atoms with Gasteiger partial charge in [-0.1, -0.05) is 0 Å². The van der Waals surface area contributed by atoms with E-state index in [0.29, 0.717) is 6.54 Å². The third-order valence-corrected chi connectivity index (χ3v) is 5.49. The molecule has 3 nitrogen and oxygen atoms in total. The summed E-state index contributed by atoms with van der Waals surface area (Å²) in [5, 5.41) is 3.23. The van der Waals surface area contributed by atoms with E-state index >= 15 is 0 Å². The molecule has 0 aliphatic heterocycles. The molecular weight excluding hydrogens is 356 g/mol. The molecule has 1 rings (SSSR count). The largest absolute Gasteiger partial charge is 0.369 e. The number of nitrogens with one attached hydrogen (secondary N) is 1. The predicted octanol–water partition coefficient (Wildman–Crippen LogP) is 2.87. The molecule has 0 aromatic carbocycles. The van der Waals surface area contributed by atoms with Gasteiger partial charge in [0.2, 0.25) is 5.91 Å². The van der Waals surface area contributed by atoms with Gasteiger partial charge in [-0.15, -0.1) is 11.3 Å². The van der Waals surface area contributed by atoms with Crippen molar-refractivity contribution in [1.29, 1.82) is 0 Å². The number of carbonyl (C=O) groups is 1. The quantitative estimate of drug-likeness (QED) is 0.838. The van der Waals surface area contributed by atoms with Crippen molar-refractivity contribution in [3.63, 3.8) is 0 Å². The molecule has 1 aromatic rings. The third-order valence-electron chi connectivity index (χ3n) is 2.23. The first kappa shape index (κ1) is 14.2. The molecule has 3 N–H and O–H groups in total. The maximum Gasteiger partial charge on any atom is 0.224 e. The van der Waals surface area contributed by atoms with Crippen molar-refractivity contribution in [3.8, 4) is 0 Å². The standard InChI is InChI=1S/C10H14Br2N2OS/c1-10(2,9(13)15)5-14-4-6-3-7(11)8(12)16-6/h3,14H,4-5H2,1-2H3,(H2,13,15). The zero-order chi connectivity index (χ0) is 12.3. The van der Waals surface area contributed by atoms with Crippen LogP contribution in [0, 0.1) is 5.41 Å². The summed E-state index contributed by atoms with van der Waals surface area (Å²) in [6, 6.07) is 2.05. The summed E-state index contributed by atoms with van der Waals surface area (Å²) in [6.07, 6.45) is 0. The van der Waals surface area contributed by atoms with Crippen molar-refractivity contribution in [3.05, 3.63) is 19.2 Å². The highest BCUT2D eigenvalue weighted by atomic mass is 79.9. The second-order valence-corrected chi connectivity index (χ2v) is 7.50. The lowest BCUT2D eigenvalue weighted by atomic mass is 9.93.